The summed E-state index contributed by atoms with van der Waals surface area (Å²) in [5.74, 6) is 0.230. The lowest BCUT2D eigenvalue weighted by molar-refractivity contribution is -0.126. The van der Waals surface area contributed by atoms with E-state index in [0.29, 0.717) is 25.2 Å². The molecule has 0 aliphatic carbocycles. The van der Waals surface area contributed by atoms with Crippen molar-refractivity contribution < 1.29 is 9.59 Å². The molecule has 8 nitrogen and oxygen atoms in total. The largest absolute Gasteiger partial charge is 0.355 e. The van der Waals surface area contributed by atoms with Crippen molar-refractivity contribution in [3.8, 4) is 0 Å². The molecule has 2 rings (SSSR count). The highest BCUT2D eigenvalue weighted by molar-refractivity contribution is 5.84. The summed E-state index contributed by atoms with van der Waals surface area (Å²) in [6.07, 6.45) is 3.17. The molecule has 0 radical (unpaired) electrons. The molecule has 0 aromatic carbocycles. The lowest BCUT2D eigenvalue weighted by Gasteiger charge is -2.10. The fourth-order valence-electron chi connectivity index (χ4n) is 2.35. The minimum Gasteiger partial charge on any atom is -0.355 e. The van der Waals surface area contributed by atoms with Gasteiger partial charge in [-0.2, -0.15) is 10.1 Å². The normalized spacial score (nSPS) is 10.7. The minimum atomic E-state index is -0.168. The average molecular weight is 318 g/mol. The van der Waals surface area contributed by atoms with E-state index >= 15 is 0 Å². The molecule has 0 bridgehead atoms. The van der Waals surface area contributed by atoms with Crippen molar-refractivity contribution in [3.05, 3.63) is 23.3 Å². The van der Waals surface area contributed by atoms with E-state index < -0.39 is 0 Å². The lowest BCUT2D eigenvalue weighted by atomic mass is 10.1. The molecule has 23 heavy (non-hydrogen) atoms. The molecule has 0 aliphatic heterocycles. The molecule has 2 aromatic heterocycles. The first-order valence-electron chi connectivity index (χ1n) is 7.72. The van der Waals surface area contributed by atoms with Crippen molar-refractivity contribution in [1.29, 1.82) is 0 Å². The van der Waals surface area contributed by atoms with Gasteiger partial charge in [0.15, 0.2) is 0 Å². The Morgan fingerprint density at radius 1 is 1.22 bits per heavy atom. The van der Waals surface area contributed by atoms with Crippen LogP contribution in [0.25, 0.3) is 5.78 Å². The molecule has 2 amide bonds. The van der Waals surface area contributed by atoms with Gasteiger partial charge < -0.3 is 10.6 Å². The zero-order chi connectivity index (χ0) is 16.8. The summed E-state index contributed by atoms with van der Waals surface area (Å²) in [5.41, 5.74) is 2.75. The van der Waals surface area contributed by atoms with Crippen molar-refractivity contribution >= 4 is 17.6 Å². The highest BCUT2D eigenvalue weighted by Crippen LogP contribution is 2.14. The maximum atomic E-state index is 11.9. The molecule has 2 heterocycles. The Kier molecular flexibility index (Phi) is 5.61. The number of amides is 2. The summed E-state index contributed by atoms with van der Waals surface area (Å²) in [4.78, 5) is 31.8. The van der Waals surface area contributed by atoms with Crippen LogP contribution in [0, 0.1) is 13.8 Å². The van der Waals surface area contributed by atoms with E-state index in [9.17, 15) is 9.59 Å². The second-order valence-electron chi connectivity index (χ2n) is 5.36. The van der Waals surface area contributed by atoms with Crippen LogP contribution in [-0.4, -0.2) is 44.5 Å². The number of aryl methyl sites for hydroxylation is 2. The van der Waals surface area contributed by atoms with E-state index in [-0.39, 0.29) is 18.4 Å². The Bertz CT molecular complexity index is 709. The highest BCUT2D eigenvalue weighted by atomic mass is 16.2. The third-order valence-electron chi connectivity index (χ3n) is 3.61. The van der Waals surface area contributed by atoms with Gasteiger partial charge in [0, 0.05) is 24.4 Å². The highest BCUT2D eigenvalue weighted by Gasteiger charge is 2.13. The molecule has 0 fully saturated rings. The maximum absolute atomic E-state index is 11.9. The van der Waals surface area contributed by atoms with Crippen LogP contribution in [0.3, 0.4) is 0 Å². The predicted molar refractivity (Wildman–Crippen MR) is 84.9 cm³/mol. The molecule has 2 aromatic rings. The van der Waals surface area contributed by atoms with Crippen LogP contribution in [0.5, 0.6) is 0 Å². The first-order valence-corrected chi connectivity index (χ1v) is 7.72. The Balaban J connectivity index is 1.90. The van der Waals surface area contributed by atoms with Gasteiger partial charge >= 0.3 is 0 Å². The van der Waals surface area contributed by atoms with Crippen LogP contribution in [0.4, 0.5) is 0 Å². The minimum absolute atomic E-state index is 0.0111. The van der Waals surface area contributed by atoms with Gasteiger partial charge in [0.1, 0.15) is 6.33 Å². The van der Waals surface area contributed by atoms with E-state index in [1.807, 2.05) is 20.8 Å². The molecule has 0 saturated heterocycles. The van der Waals surface area contributed by atoms with Gasteiger partial charge in [-0.25, -0.2) is 9.50 Å². The van der Waals surface area contributed by atoms with Gasteiger partial charge in [-0.3, -0.25) is 9.59 Å². The summed E-state index contributed by atoms with van der Waals surface area (Å²) in [6.45, 7) is 6.44. The lowest BCUT2D eigenvalue weighted by Crippen LogP contribution is -2.37. The molecule has 0 atom stereocenters. The number of fused-ring (bicyclic) bond motifs is 1. The van der Waals surface area contributed by atoms with Crippen LogP contribution in [0.1, 0.15) is 36.7 Å². The van der Waals surface area contributed by atoms with Crippen LogP contribution in [0.2, 0.25) is 0 Å². The monoisotopic (exact) mass is 318 g/mol. The molecule has 0 saturated carbocycles. The summed E-state index contributed by atoms with van der Waals surface area (Å²) in [6, 6.07) is 0. The van der Waals surface area contributed by atoms with Crippen LogP contribution < -0.4 is 10.6 Å². The third kappa shape index (κ3) is 4.24. The topological polar surface area (TPSA) is 101 Å². The van der Waals surface area contributed by atoms with Crippen molar-refractivity contribution in [2.45, 2.75) is 40.0 Å². The number of rotatable bonds is 7. The van der Waals surface area contributed by atoms with E-state index in [4.69, 9.17) is 0 Å². The molecular formula is C15H22N6O2. The van der Waals surface area contributed by atoms with E-state index in [0.717, 1.165) is 23.4 Å². The van der Waals surface area contributed by atoms with Crippen molar-refractivity contribution in [2.75, 3.05) is 13.1 Å². The zero-order valence-electron chi connectivity index (χ0n) is 13.7. The molecule has 2 N–H and O–H groups in total. The van der Waals surface area contributed by atoms with E-state index in [1.165, 1.54) is 6.33 Å². The van der Waals surface area contributed by atoms with Crippen molar-refractivity contribution in [2.24, 2.45) is 0 Å². The van der Waals surface area contributed by atoms with Gasteiger partial charge in [0.05, 0.1) is 6.54 Å². The molecular weight excluding hydrogens is 296 g/mol. The smallest absolute Gasteiger partial charge is 0.252 e. The first kappa shape index (κ1) is 16.9. The Morgan fingerprint density at radius 2 is 2.00 bits per heavy atom. The summed E-state index contributed by atoms with van der Waals surface area (Å²) >= 11 is 0. The zero-order valence-corrected chi connectivity index (χ0v) is 13.7. The average Bonchev–Trinajstić information content (AvgIpc) is 2.99. The quantitative estimate of drug-likeness (QED) is 0.765. The van der Waals surface area contributed by atoms with E-state index in [2.05, 4.69) is 25.7 Å². The number of carbonyl (C=O) groups excluding carboxylic acids is 2. The Labute approximate surface area is 134 Å². The van der Waals surface area contributed by atoms with Gasteiger partial charge in [0.2, 0.25) is 11.8 Å². The van der Waals surface area contributed by atoms with Crippen molar-refractivity contribution in [3.63, 3.8) is 0 Å². The Hall–Kier alpha value is -2.51. The van der Waals surface area contributed by atoms with Crippen LogP contribution >= 0.6 is 0 Å². The number of nitrogens with one attached hydrogen (secondary N) is 2. The Morgan fingerprint density at radius 3 is 2.74 bits per heavy atom. The number of hydrogen-bond acceptors (Lipinski definition) is 5. The van der Waals surface area contributed by atoms with Gasteiger partial charge in [-0.15, -0.1) is 0 Å². The molecule has 8 heteroatoms. The second-order valence-corrected chi connectivity index (χ2v) is 5.36. The maximum Gasteiger partial charge on any atom is 0.252 e. The molecule has 0 spiro atoms. The molecule has 0 aliphatic rings. The standard InChI is InChI=1S/C15H22N6O2/c1-4-7-16-14(23)8-17-13(22)6-5-12-10(2)20-15-18-9-19-21(15)11(12)3/h9H,4-8H2,1-3H3,(H,16,23)(H,17,22). The summed E-state index contributed by atoms with van der Waals surface area (Å²) in [5, 5.41) is 9.47. The van der Waals surface area contributed by atoms with E-state index in [1.54, 1.807) is 4.52 Å². The van der Waals surface area contributed by atoms with Crippen molar-refractivity contribution in [1.82, 2.24) is 30.2 Å². The first-order chi connectivity index (χ1) is 11.0. The van der Waals surface area contributed by atoms with Crippen LogP contribution in [0.15, 0.2) is 6.33 Å². The number of hydrogen-bond donors (Lipinski definition) is 2. The summed E-state index contributed by atoms with van der Waals surface area (Å²) in [7, 11) is 0. The second kappa shape index (κ2) is 7.66. The molecule has 0 unspecified atom stereocenters. The van der Waals surface area contributed by atoms with Gasteiger partial charge in [-0.05, 0) is 32.3 Å². The summed E-state index contributed by atoms with van der Waals surface area (Å²) < 4.78 is 1.67. The third-order valence-corrected chi connectivity index (χ3v) is 3.61. The van der Waals surface area contributed by atoms with Gasteiger partial charge in [0.25, 0.3) is 5.78 Å². The van der Waals surface area contributed by atoms with Gasteiger partial charge in [-0.1, -0.05) is 6.92 Å². The number of carbonyl (C=O) groups is 2. The fourth-order valence-corrected chi connectivity index (χ4v) is 2.35. The number of aromatic nitrogens is 4. The SMILES string of the molecule is CCCNC(=O)CNC(=O)CCc1c(C)nc2ncnn2c1C. The predicted octanol–water partition coefficient (Wildman–Crippen LogP) is 0.316. The number of nitrogens with zero attached hydrogens (tertiary/aromatic N) is 4. The van der Waals surface area contributed by atoms with Crippen LogP contribution in [-0.2, 0) is 16.0 Å². The fraction of sp³-hybridized carbons (Fsp3) is 0.533. The molecule has 124 valence electrons.